The number of allylic oxidation sites excluding steroid dienone is 1. The van der Waals surface area contributed by atoms with Gasteiger partial charge in [0.25, 0.3) is 0 Å². The molecule has 1 aliphatic rings. The Hall–Kier alpha value is -3.28. The van der Waals surface area contributed by atoms with Crippen LogP contribution in [-0.2, 0) is 11.3 Å². The van der Waals surface area contributed by atoms with E-state index in [0.29, 0.717) is 30.3 Å². The largest absolute Gasteiger partial charge is 0.507 e. The van der Waals surface area contributed by atoms with Crippen molar-refractivity contribution in [3.63, 3.8) is 0 Å². The summed E-state index contributed by atoms with van der Waals surface area (Å²) in [6.45, 7) is 4.40. The molecule has 6 heteroatoms. The average molecular weight is 350 g/mol. The molecule has 132 valence electrons. The number of ether oxygens (including phenoxy) is 2. The Morgan fingerprint density at radius 1 is 1.15 bits per heavy atom. The van der Waals surface area contributed by atoms with E-state index in [0.717, 1.165) is 27.9 Å². The fourth-order valence-electron chi connectivity index (χ4n) is 2.83. The van der Waals surface area contributed by atoms with E-state index in [1.807, 2.05) is 38.1 Å². The molecule has 1 N–H and O–H groups in total. The van der Waals surface area contributed by atoms with E-state index in [9.17, 15) is 5.11 Å². The van der Waals surface area contributed by atoms with Crippen LogP contribution in [0, 0.1) is 0 Å². The summed E-state index contributed by atoms with van der Waals surface area (Å²) in [5, 5.41) is 11.0. The molecular formula is C20H18N2O4. The lowest BCUT2D eigenvalue weighted by Gasteiger charge is -2.18. The summed E-state index contributed by atoms with van der Waals surface area (Å²) in [7, 11) is 0. The van der Waals surface area contributed by atoms with Gasteiger partial charge in [-0.25, -0.2) is 9.97 Å². The highest BCUT2D eigenvalue weighted by molar-refractivity contribution is 5.83. The molecule has 0 aliphatic carbocycles. The second-order valence-corrected chi connectivity index (χ2v) is 6.22. The molecule has 0 saturated heterocycles. The number of aliphatic hydroxyl groups excluding tert-OH is 1. The minimum Gasteiger partial charge on any atom is -0.507 e. The van der Waals surface area contributed by atoms with Crippen molar-refractivity contribution in [1.29, 1.82) is 0 Å². The number of benzene rings is 1. The van der Waals surface area contributed by atoms with Gasteiger partial charge in [0.15, 0.2) is 11.5 Å². The summed E-state index contributed by atoms with van der Waals surface area (Å²) in [5.41, 5.74) is 3.11. The van der Waals surface area contributed by atoms with Crippen molar-refractivity contribution in [2.24, 2.45) is 0 Å². The second kappa shape index (κ2) is 6.55. The molecule has 0 fully saturated rings. The van der Waals surface area contributed by atoms with Gasteiger partial charge in [0.05, 0.1) is 0 Å². The normalized spacial score (nSPS) is 14.7. The van der Waals surface area contributed by atoms with Crippen LogP contribution in [0.15, 0.2) is 64.3 Å². The first-order valence-corrected chi connectivity index (χ1v) is 8.25. The maximum absolute atomic E-state index is 10.1. The molecule has 0 bridgehead atoms. The standard InChI is InChI=1S/C20H18N2O4/c1-12-9-25-20(13(2)19(12)23)18-6-15-5-16(3-4-17(15)26-18)24-10-14-7-21-11-22-8-14/h3-8,11,23H,9-10H2,1-2H3. The summed E-state index contributed by atoms with van der Waals surface area (Å²) < 4.78 is 17.4. The molecule has 0 spiro atoms. The van der Waals surface area contributed by atoms with Crippen molar-refractivity contribution in [3.05, 3.63) is 71.2 Å². The fourth-order valence-corrected chi connectivity index (χ4v) is 2.83. The van der Waals surface area contributed by atoms with E-state index in [1.54, 1.807) is 12.4 Å². The lowest BCUT2D eigenvalue weighted by molar-refractivity contribution is 0.272. The minimum atomic E-state index is 0.265. The number of rotatable bonds is 4. The van der Waals surface area contributed by atoms with Gasteiger partial charge in [-0.3, -0.25) is 0 Å². The SMILES string of the molecule is CC1=C(O)C(C)=C(c2cc3cc(OCc4cncnc4)ccc3o2)OC1. The van der Waals surface area contributed by atoms with Gasteiger partial charge < -0.3 is 19.0 Å². The zero-order valence-electron chi connectivity index (χ0n) is 14.5. The topological polar surface area (TPSA) is 77.6 Å². The zero-order chi connectivity index (χ0) is 18.1. The van der Waals surface area contributed by atoms with Crippen LogP contribution in [0.4, 0.5) is 0 Å². The van der Waals surface area contributed by atoms with Gasteiger partial charge >= 0.3 is 0 Å². The first-order chi connectivity index (χ1) is 12.6. The first kappa shape index (κ1) is 16.2. The monoisotopic (exact) mass is 350 g/mol. The maximum atomic E-state index is 10.1. The molecule has 1 aromatic carbocycles. The predicted molar refractivity (Wildman–Crippen MR) is 96.5 cm³/mol. The van der Waals surface area contributed by atoms with Crippen molar-refractivity contribution < 1.29 is 19.0 Å². The van der Waals surface area contributed by atoms with Gasteiger partial charge in [-0.05, 0) is 38.1 Å². The second-order valence-electron chi connectivity index (χ2n) is 6.22. The summed E-state index contributed by atoms with van der Waals surface area (Å²) in [5.74, 6) is 2.14. The molecular weight excluding hydrogens is 332 g/mol. The third-order valence-electron chi connectivity index (χ3n) is 4.26. The van der Waals surface area contributed by atoms with Gasteiger partial charge in [-0.15, -0.1) is 0 Å². The molecule has 0 unspecified atom stereocenters. The summed E-state index contributed by atoms with van der Waals surface area (Å²) in [4.78, 5) is 7.94. The van der Waals surface area contributed by atoms with E-state index >= 15 is 0 Å². The van der Waals surface area contributed by atoms with Crippen LogP contribution in [0.1, 0.15) is 25.2 Å². The molecule has 4 rings (SSSR count). The van der Waals surface area contributed by atoms with Gasteiger partial charge in [0.2, 0.25) is 0 Å². The summed E-state index contributed by atoms with van der Waals surface area (Å²) in [6.07, 6.45) is 4.93. The molecule has 26 heavy (non-hydrogen) atoms. The highest BCUT2D eigenvalue weighted by atomic mass is 16.5. The number of hydrogen-bond donors (Lipinski definition) is 1. The minimum absolute atomic E-state index is 0.265. The quantitative estimate of drug-likeness (QED) is 0.752. The number of fused-ring (bicyclic) bond motifs is 1. The number of aliphatic hydroxyl groups is 1. The van der Waals surface area contributed by atoms with Crippen LogP contribution >= 0.6 is 0 Å². The number of aromatic nitrogens is 2. The Morgan fingerprint density at radius 2 is 1.96 bits per heavy atom. The molecule has 1 aliphatic heterocycles. The Morgan fingerprint density at radius 3 is 2.77 bits per heavy atom. The fraction of sp³-hybridized carbons (Fsp3) is 0.200. The Labute approximate surface area is 150 Å². The third-order valence-corrected chi connectivity index (χ3v) is 4.26. The molecule has 2 aromatic heterocycles. The molecule has 3 aromatic rings. The van der Waals surface area contributed by atoms with Crippen molar-refractivity contribution in [2.45, 2.75) is 20.5 Å². The average Bonchev–Trinajstić information content (AvgIpc) is 3.08. The van der Waals surface area contributed by atoms with Crippen LogP contribution in [0.5, 0.6) is 5.75 Å². The van der Waals surface area contributed by atoms with Crippen molar-refractivity contribution >= 4 is 16.7 Å². The van der Waals surface area contributed by atoms with Gasteiger partial charge in [0, 0.05) is 34.5 Å². The third kappa shape index (κ3) is 3.01. The molecule has 0 atom stereocenters. The summed E-state index contributed by atoms with van der Waals surface area (Å²) in [6, 6.07) is 7.51. The lowest BCUT2D eigenvalue weighted by atomic mass is 10.1. The first-order valence-electron chi connectivity index (χ1n) is 8.25. The van der Waals surface area contributed by atoms with Crippen molar-refractivity contribution in [1.82, 2.24) is 9.97 Å². The van der Waals surface area contributed by atoms with E-state index in [4.69, 9.17) is 13.9 Å². The molecule has 0 amide bonds. The molecule has 3 heterocycles. The van der Waals surface area contributed by atoms with Crippen LogP contribution in [-0.4, -0.2) is 21.7 Å². The number of nitrogens with zero attached hydrogens (tertiary/aromatic N) is 2. The maximum Gasteiger partial charge on any atom is 0.170 e. The van der Waals surface area contributed by atoms with E-state index in [2.05, 4.69) is 9.97 Å². The van der Waals surface area contributed by atoms with Crippen molar-refractivity contribution in [2.75, 3.05) is 6.61 Å². The Kier molecular flexibility index (Phi) is 4.08. The van der Waals surface area contributed by atoms with E-state index in [-0.39, 0.29) is 5.76 Å². The number of furan rings is 1. The lowest BCUT2D eigenvalue weighted by Crippen LogP contribution is -2.08. The molecule has 0 radical (unpaired) electrons. The Bertz CT molecular complexity index is 1020. The predicted octanol–water partition coefficient (Wildman–Crippen LogP) is 4.40. The smallest absolute Gasteiger partial charge is 0.170 e. The summed E-state index contributed by atoms with van der Waals surface area (Å²) >= 11 is 0. The van der Waals surface area contributed by atoms with Gasteiger partial charge in [-0.2, -0.15) is 0 Å². The highest BCUT2D eigenvalue weighted by Gasteiger charge is 2.21. The molecule has 6 nitrogen and oxygen atoms in total. The van der Waals surface area contributed by atoms with Crippen LogP contribution in [0.25, 0.3) is 16.7 Å². The molecule has 0 saturated carbocycles. The van der Waals surface area contributed by atoms with Crippen LogP contribution < -0.4 is 4.74 Å². The van der Waals surface area contributed by atoms with Gasteiger partial charge in [-0.1, -0.05) is 0 Å². The number of hydrogen-bond acceptors (Lipinski definition) is 6. The van der Waals surface area contributed by atoms with Crippen molar-refractivity contribution in [3.8, 4) is 5.75 Å². The van der Waals surface area contributed by atoms with Crippen LogP contribution in [0.3, 0.4) is 0 Å². The highest BCUT2D eigenvalue weighted by Crippen LogP contribution is 2.34. The van der Waals surface area contributed by atoms with Crippen LogP contribution in [0.2, 0.25) is 0 Å². The van der Waals surface area contributed by atoms with E-state index in [1.165, 1.54) is 6.33 Å². The Balaban J connectivity index is 1.60. The van der Waals surface area contributed by atoms with Gasteiger partial charge in [0.1, 0.15) is 36.6 Å². The van der Waals surface area contributed by atoms with E-state index < -0.39 is 0 Å². The zero-order valence-corrected chi connectivity index (χ0v) is 14.5.